The SMILES string of the molecule is CCCCCOOC(OCC(C)C)C(C)(C)C. The van der Waals surface area contributed by atoms with Gasteiger partial charge in [-0.25, -0.2) is 9.78 Å². The lowest BCUT2D eigenvalue weighted by Crippen LogP contribution is -2.33. The number of unbranched alkanes of at least 4 members (excludes halogenated alkanes) is 2. The van der Waals surface area contributed by atoms with Gasteiger partial charge in [0.2, 0.25) is 0 Å². The molecule has 0 amide bonds. The summed E-state index contributed by atoms with van der Waals surface area (Å²) >= 11 is 0. The lowest BCUT2D eigenvalue weighted by Gasteiger charge is -2.29. The van der Waals surface area contributed by atoms with Crippen LogP contribution >= 0.6 is 0 Å². The van der Waals surface area contributed by atoms with Crippen molar-refractivity contribution in [2.75, 3.05) is 13.2 Å². The minimum Gasteiger partial charge on any atom is -0.349 e. The van der Waals surface area contributed by atoms with Crippen LogP contribution in [0.2, 0.25) is 0 Å². The smallest absolute Gasteiger partial charge is 0.196 e. The monoisotopic (exact) mass is 246 g/mol. The Labute approximate surface area is 107 Å². The van der Waals surface area contributed by atoms with E-state index in [1.165, 1.54) is 12.8 Å². The Balaban J connectivity index is 3.87. The molecule has 1 unspecified atom stereocenters. The molecule has 104 valence electrons. The quantitative estimate of drug-likeness (QED) is 0.264. The molecular weight excluding hydrogens is 216 g/mol. The van der Waals surface area contributed by atoms with Crippen LogP contribution in [0.3, 0.4) is 0 Å². The van der Waals surface area contributed by atoms with E-state index < -0.39 is 0 Å². The summed E-state index contributed by atoms with van der Waals surface area (Å²) < 4.78 is 5.73. The van der Waals surface area contributed by atoms with Crippen LogP contribution in [-0.4, -0.2) is 19.5 Å². The van der Waals surface area contributed by atoms with Gasteiger partial charge in [0.25, 0.3) is 0 Å². The fourth-order valence-electron chi connectivity index (χ4n) is 1.22. The van der Waals surface area contributed by atoms with Crippen molar-refractivity contribution in [1.82, 2.24) is 0 Å². The van der Waals surface area contributed by atoms with Crippen molar-refractivity contribution in [2.24, 2.45) is 11.3 Å². The Hall–Kier alpha value is -0.120. The van der Waals surface area contributed by atoms with E-state index in [0.29, 0.717) is 19.1 Å². The summed E-state index contributed by atoms with van der Waals surface area (Å²) in [7, 11) is 0. The van der Waals surface area contributed by atoms with E-state index in [9.17, 15) is 0 Å². The van der Waals surface area contributed by atoms with Crippen LogP contribution in [-0.2, 0) is 14.5 Å². The van der Waals surface area contributed by atoms with Crippen molar-refractivity contribution < 1.29 is 14.5 Å². The van der Waals surface area contributed by atoms with Crippen LogP contribution in [0.15, 0.2) is 0 Å². The summed E-state index contributed by atoms with van der Waals surface area (Å²) in [5.74, 6) is 0.503. The summed E-state index contributed by atoms with van der Waals surface area (Å²) in [5, 5.41) is 0. The van der Waals surface area contributed by atoms with Crippen molar-refractivity contribution in [3.05, 3.63) is 0 Å². The van der Waals surface area contributed by atoms with E-state index >= 15 is 0 Å². The largest absolute Gasteiger partial charge is 0.349 e. The highest BCUT2D eigenvalue weighted by Gasteiger charge is 2.27. The first-order chi connectivity index (χ1) is 7.88. The molecule has 0 rings (SSSR count). The highest BCUT2D eigenvalue weighted by atomic mass is 17.2. The summed E-state index contributed by atoms with van der Waals surface area (Å²) in [5.41, 5.74) is -0.0698. The Morgan fingerprint density at radius 1 is 1.06 bits per heavy atom. The predicted octanol–water partition coefficient (Wildman–Crippen LogP) is 4.17. The molecule has 0 fully saturated rings. The van der Waals surface area contributed by atoms with Crippen LogP contribution in [0.25, 0.3) is 0 Å². The van der Waals surface area contributed by atoms with Crippen LogP contribution in [0.5, 0.6) is 0 Å². The molecular formula is C14H30O3. The van der Waals surface area contributed by atoms with Gasteiger partial charge in [0, 0.05) is 5.41 Å². The molecule has 0 aliphatic carbocycles. The van der Waals surface area contributed by atoms with Crippen molar-refractivity contribution in [3.63, 3.8) is 0 Å². The first kappa shape index (κ1) is 16.9. The highest BCUT2D eigenvalue weighted by molar-refractivity contribution is 4.65. The van der Waals surface area contributed by atoms with Crippen molar-refractivity contribution in [3.8, 4) is 0 Å². The van der Waals surface area contributed by atoms with Gasteiger partial charge >= 0.3 is 0 Å². The average Bonchev–Trinajstić information content (AvgIpc) is 2.19. The summed E-state index contributed by atoms with van der Waals surface area (Å²) in [6.07, 6.45) is 3.11. The fourth-order valence-corrected chi connectivity index (χ4v) is 1.22. The van der Waals surface area contributed by atoms with Crippen LogP contribution in [0, 0.1) is 11.3 Å². The summed E-state index contributed by atoms with van der Waals surface area (Å²) in [6, 6.07) is 0. The molecule has 0 aromatic rings. The van der Waals surface area contributed by atoms with Crippen molar-refractivity contribution in [1.29, 1.82) is 0 Å². The molecule has 0 aromatic heterocycles. The maximum atomic E-state index is 5.73. The highest BCUT2D eigenvalue weighted by Crippen LogP contribution is 2.24. The molecule has 0 heterocycles. The summed E-state index contributed by atoms with van der Waals surface area (Å²) in [6.45, 7) is 14.0. The third-order valence-electron chi connectivity index (χ3n) is 2.27. The minimum atomic E-state index is -0.300. The zero-order valence-corrected chi connectivity index (χ0v) is 12.4. The fraction of sp³-hybridized carbons (Fsp3) is 1.00. The van der Waals surface area contributed by atoms with Gasteiger partial charge in [0.05, 0.1) is 13.2 Å². The first-order valence-corrected chi connectivity index (χ1v) is 6.77. The van der Waals surface area contributed by atoms with E-state index in [1.54, 1.807) is 0 Å². The molecule has 1 atom stereocenters. The molecule has 0 spiro atoms. The van der Waals surface area contributed by atoms with Gasteiger partial charge in [0.15, 0.2) is 6.29 Å². The molecule has 0 radical (unpaired) electrons. The maximum absolute atomic E-state index is 5.73. The van der Waals surface area contributed by atoms with Gasteiger partial charge in [-0.3, -0.25) is 0 Å². The topological polar surface area (TPSA) is 27.7 Å². The van der Waals surface area contributed by atoms with Gasteiger partial charge in [-0.05, 0) is 12.3 Å². The minimum absolute atomic E-state index is 0.0698. The Kier molecular flexibility index (Phi) is 8.83. The van der Waals surface area contributed by atoms with Gasteiger partial charge < -0.3 is 4.74 Å². The molecule has 3 nitrogen and oxygen atoms in total. The van der Waals surface area contributed by atoms with Gasteiger partial charge in [-0.1, -0.05) is 54.4 Å². The molecule has 0 aliphatic heterocycles. The van der Waals surface area contributed by atoms with E-state index in [4.69, 9.17) is 14.5 Å². The second kappa shape index (κ2) is 8.90. The third-order valence-corrected chi connectivity index (χ3v) is 2.27. The van der Waals surface area contributed by atoms with Crippen molar-refractivity contribution >= 4 is 0 Å². The average molecular weight is 246 g/mol. The predicted molar refractivity (Wildman–Crippen MR) is 70.6 cm³/mol. The lowest BCUT2D eigenvalue weighted by atomic mass is 9.96. The summed E-state index contributed by atoms with van der Waals surface area (Å²) in [4.78, 5) is 10.6. The Bertz CT molecular complexity index is 173. The Morgan fingerprint density at radius 3 is 2.18 bits per heavy atom. The zero-order chi connectivity index (χ0) is 13.3. The lowest BCUT2D eigenvalue weighted by molar-refractivity contribution is -0.400. The first-order valence-electron chi connectivity index (χ1n) is 6.77. The third kappa shape index (κ3) is 9.57. The number of rotatable bonds is 9. The van der Waals surface area contributed by atoms with E-state index in [1.807, 2.05) is 0 Å². The van der Waals surface area contributed by atoms with Gasteiger partial charge in [-0.15, -0.1) is 0 Å². The van der Waals surface area contributed by atoms with E-state index in [2.05, 4.69) is 41.5 Å². The van der Waals surface area contributed by atoms with Crippen LogP contribution < -0.4 is 0 Å². The second-order valence-corrected chi connectivity index (χ2v) is 6.05. The number of ether oxygens (including phenoxy) is 1. The zero-order valence-electron chi connectivity index (χ0n) is 12.4. The second-order valence-electron chi connectivity index (χ2n) is 6.05. The molecule has 17 heavy (non-hydrogen) atoms. The molecule has 0 aliphatic rings. The van der Waals surface area contributed by atoms with Gasteiger partial charge in [-0.2, -0.15) is 0 Å². The molecule has 0 saturated heterocycles. The Morgan fingerprint density at radius 2 is 1.71 bits per heavy atom. The normalized spacial score (nSPS) is 14.3. The van der Waals surface area contributed by atoms with Crippen LogP contribution in [0.4, 0.5) is 0 Å². The molecule has 0 saturated carbocycles. The maximum Gasteiger partial charge on any atom is 0.196 e. The molecule has 0 aromatic carbocycles. The van der Waals surface area contributed by atoms with Gasteiger partial charge in [0.1, 0.15) is 0 Å². The van der Waals surface area contributed by atoms with E-state index in [0.717, 1.165) is 6.42 Å². The standard InChI is InChI=1S/C14H30O3/c1-7-8-9-10-16-17-13(14(4,5)6)15-11-12(2)3/h12-13H,7-11H2,1-6H3. The van der Waals surface area contributed by atoms with E-state index in [-0.39, 0.29) is 11.7 Å². The molecule has 0 N–H and O–H groups in total. The number of hydrogen-bond donors (Lipinski definition) is 0. The van der Waals surface area contributed by atoms with Crippen LogP contribution in [0.1, 0.15) is 60.8 Å². The molecule has 3 heteroatoms. The van der Waals surface area contributed by atoms with Crippen molar-refractivity contribution in [2.45, 2.75) is 67.1 Å². The number of hydrogen-bond acceptors (Lipinski definition) is 3. The molecule has 0 bridgehead atoms.